The molecule has 4 rings (SSSR count). The van der Waals surface area contributed by atoms with E-state index in [-0.39, 0.29) is 11.8 Å². The average Bonchev–Trinajstić information content (AvgIpc) is 3.28. The van der Waals surface area contributed by atoms with Crippen LogP contribution in [0.2, 0.25) is 0 Å². The van der Waals surface area contributed by atoms with Crippen LogP contribution in [0.1, 0.15) is 22.3 Å². The number of rotatable bonds is 6. The van der Waals surface area contributed by atoms with Crippen molar-refractivity contribution in [2.45, 2.75) is 12.8 Å². The molecule has 0 spiro atoms. The maximum absolute atomic E-state index is 13.2. The van der Waals surface area contributed by atoms with E-state index >= 15 is 0 Å². The summed E-state index contributed by atoms with van der Waals surface area (Å²) in [7, 11) is 3.22. The number of nitrogens with one attached hydrogen (secondary N) is 1. The molecule has 1 aliphatic rings. The second kappa shape index (κ2) is 9.27. The Morgan fingerprint density at radius 2 is 1.69 bits per heavy atom. The van der Waals surface area contributed by atoms with Gasteiger partial charge in [0.05, 0.1) is 18.1 Å². The minimum Gasteiger partial charge on any atom is -0.496 e. The number of nitrogens with zero attached hydrogens (tertiary/aromatic N) is 1. The Bertz CT molecular complexity index is 1110. The minimum atomic E-state index is -0.665. The molecular formula is C27H28N2O3. The van der Waals surface area contributed by atoms with Crippen LogP contribution in [0.3, 0.4) is 0 Å². The highest BCUT2D eigenvalue weighted by atomic mass is 16.5. The molecule has 1 fully saturated rings. The normalized spacial score (nSPS) is 17.8. The van der Waals surface area contributed by atoms with Gasteiger partial charge in [-0.1, -0.05) is 66.7 Å². The molecule has 2 amide bonds. The van der Waals surface area contributed by atoms with E-state index in [1.807, 2.05) is 36.4 Å². The van der Waals surface area contributed by atoms with Crippen LogP contribution in [0.4, 0.5) is 0 Å². The average molecular weight is 429 g/mol. The minimum absolute atomic E-state index is 0.0297. The van der Waals surface area contributed by atoms with Crippen molar-refractivity contribution in [3.05, 3.63) is 90.0 Å². The Balaban J connectivity index is 1.60. The first-order valence-corrected chi connectivity index (χ1v) is 10.9. The Morgan fingerprint density at radius 3 is 2.44 bits per heavy atom. The summed E-state index contributed by atoms with van der Waals surface area (Å²) in [5, 5.41) is 2.83. The summed E-state index contributed by atoms with van der Waals surface area (Å²) >= 11 is 0. The van der Waals surface area contributed by atoms with E-state index in [9.17, 15) is 9.59 Å². The summed E-state index contributed by atoms with van der Waals surface area (Å²) in [6.07, 6.45) is 1.19. The van der Waals surface area contributed by atoms with Gasteiger partial charge in [0.15, 0.2) is 0 Å². The smallest absolute Gasteiger partial charge is 0.257 e. The highest BCUT2D eigenvalue weighted by molar-refractivity contribution is 5.98. The Labute approximate surface area is 189 Å². The predicted octanol–water partition coefficient (Wildman–Crippen LogP) is 4.18. The second-order valence-corrected chi connectivity index (χ2v) is 8.28. The van der Waals surface area contributed by atoms with Crippen LogP contribution >= 0.6 is 0 Å². The molecule has 0 aromatic heterocycles. The molecule has 1 N–H and O–H groups in total. The monoisotopic (exact) mass is 428 g/mol. The number of amides is 2. The number of para-hydroxylation sites is 1. The van der Waals surface area contributed by atoms with Gasteiger partial charge in [0, 0.05) is 20.1 Å². The van der Waals surface area contributed by atoms with E-state index in [1.54, 1.807) is 31.2 Å². The summed E-state index contributed by atoms with van der Waals surface area (Å²) in [4.78, 5) is 28.1. The molecule has 5 nitrogen and oxygen atoms in total. The number of carbonyl (C=O) groups is 2. The third kappa shape index (κ3) is 4.24. The van der Waals surface area contributed by atoms with Gasteiger partial charge in [-0.25, -0.2) is 0 Å². The summed E-state index contributed by atoms with van der Waals surface area (Å²) < 4.78 is 5.37. The topological polar surface area (TPSA) is 58.6 Å². The zero-order valence-electron chi connectivity index (χ0n) is 18.5. The van der Waals surface area contributed by atoms with Gasteiger partial charge in [0.1, 0.15) is 5.75 Å². The number of benzene rings is 3. The third-order valence-corrected chi connectivity index (χ3v) is 6.26. The van der Waals surface area contributed by atoms with Gasteiger partial charge >= 0.3 is 0 Å². The fourth-order valence-corrected chi connectivity index (χ4v) is 4.59. The molecule has 5 heteroatoms. The molecule has 164 valence electrons. The van der Waals surface area contributed by atoms with Gasteiger partial charge in [-0.15, -0.1) is 0 Å². The third-order valence-electron chi connectivity index (χ3n) is 6.26. The predicted molar refractivity (Wildman–Crippen MR) is 126 cm³/mol. The summed E-state index contributed by atoms with van der Waals surface area (Å²) in [6.45, 7) is 0.905. The van der Waals surface area contributed by atoms with Crippen LogP contribution in [0.25, 0.3) is 11.1 Å². The molecule has 1 atom stereocenters. The van der Waals surface area contributed by atoms with Crippen LogP contribution in [0.5, 0.6) is 5.75 Å². The van der Waals surface area contributed by atoms with Crippen LogP contribution in [0.15, 0.2) is 78.9 Å². The fraction of sp³-hybridized carbons (Fsp3) is 0.259. The zero-order chi connectivity index (χ0) is 22.6. The lowest BCUT2D eigenvalue weighted by Gasteiger charge is -2.28. The first kappa shape index (κ1) is 21.6. The zero-order valence-corrected chi connectivity index (χ0v) is 18.5. The number of likely N-dealkylation sites (tertiary alicyclic amines) is 1. The van der Waals surface area contributed by atoms with Crippen LogP contribution in [0, 0.1) is 5.41 Å². The van der Waals surface area contributed by atoms with E-state index in [0.717, 1.165) is 16.7 Å². The number of carbonyl (C=O) groups excluding carboxylic acids is 2. The van der Waals surface area contributed by atoms with Gasteiger partial charge in [0.25, 0.3) is 5.91 Å². The van der Waals surface area contributed by atoms with Crippen molar-refractivity contribution in [1.82, 2.24) is 10.2 Å². The summed E-state index contributed by atoms with van der Waals surface area (Å²) in [6, 6.07) is 25.7. The molecule has 3 aromatic carbocycles. The van der Waals surface area contributed by atoms with Crippen molar-refractivity contribution < 1.29 is 14.3 Å². The van der Waals surface area contributed by atoms with E-state index < -0.39 is 5.41 Å². The van der Waals surface area contributed by atoms with Gasteiger partial charge in [-0.05, 0) is 41.7 Å². The van der Waals surface area contributed by atoms with E-state index in [0.29, 0.717) is 37.2 Å². The molecule has 1 heterocycles. The molecule has 0 aliphatic carbocycles. The van der Waals surface area contributed by atoms with Gasteiger partial charge in [-0.3, -0.25) is 9.59 Å². The Hall–Kier alpha value is -3.60. The van der Waals surface area contributed by atoms with Crippen molar-refractivity contribution in [3.63, 3.8) is 0 Å². The van der Waals surface area contributed by atoms with Crippen LogP contribution in [-0.4, -0.2) is 44.0 Å². The quantitative estimate of drug-likeness (QED) is 0.641. The molecule has 3 aromatic rings. The van der Waals surface area contributed by atoms with Crippen molar-refractivity contribution in [3.8, 4) is 16.9 Å². The van der Waals surface area contributed by atoms with Crippen molar-refractivity contribution >= 4 is 11.8 Å². The molecular weight excluding hydrogens is 400 g/mol. The molecule has 0 radical (unpaired) electrons. The van der Waals surface area contributed by atoms with Crippen molar-refractivity contribution in [2.24, 2.45) is 5.41 Å². The number of ether oxygens (including phenoxy) is 1. The maximum atomic E-state index is 13.2. The highest BCUT2D eigenvalue weighted by Crippen LogP contribution is 2.37. The van der Waals surface area contributed by atoms with Crippen molar-refractivity contribution in [1.29, 1.82) is 0 Å². The first-order valence-electron chi connectivity index (χ1n) is 10.9. The molecule has 32 heavy (non-hydrogen) atoms. The summed E-state index contributed by atoms with van der Waals surface area (Å²) in [5.74, 6) is 0.412. The first-order chi connectivity index (χ1) is 15.6. The standard InChI is InChI=1S/C27H28N2O3/c1-28-26(31)27(18-20-9-8-12-22(17-20)21-10-4-3-5-11-21)15-16-29(19-27)25(30)23-13-6-7-14-24(23)32-2/h3-14,17H,15-16,18-19H2,1-2H3,(H,28,31)/t27-/m0/s1. The lowest BCUT2D eigenvalue weighted by Crippen LogP contribution is -2.44. The van der Waals surface area contributed by atoms with E-state index in [2.05, 4.69) is 35.6 Å². The molecule has 0 saturated carbocycles. The maximum Gasteiger partial charge on any atom is 0.257 e. The lowest BCUT2D eigenvalue weighted by atomic mass is 9.79. The second-order valence-electron chi connectivity index (χ2n) is 8.28. The molecule has 0 unspecified atom stereocenters. The van der Waals surface area contributed by atoms with Gasteiger partial charge in [0.2, 0.25) is 5.91 Å². The number of hydrogen-bond acceptors (Lipinski definition) is 3. The fourth-order valence-electron chi connectivity index (χ4n) is 4.59. The summed E-state index contributed by atoms with van der Waals surface area (Å²) in [5.41, 5.74) is 3.20. The Morgan fingerprint density at radius 1 is 0.969 bits per heavy atom. The highest BCUT2D eigenvalue weighted by Gasteiger charge is 2.46. The SMILES string of the molecule is CNC(=O)[C@]1(Cc2cccc(-c3ccccc3)c2)CCN(C(=O)c2ccccc2OC)C1. The largest absolute Gasteiger partial charge is 0.496 e. The van der Waals surface area contributed by atoms with Crippen molar-refractivity contribution in [2.75, 3.05) is 27.2 Å². The van der Waals surface area contributed by atoms with E-state index in [4.69, 9.17) is 4.74 Å². The van der Waals surface area contributed by atoms with Crippen LogP contribution < -0.4 is 10.1 Å². The van der Waals surface area contributed by atoms with E-state index in [1.165, 1.54) is 0 Å². The molecule has 0 bridgehead atoms. The van der Waals surface area contributed by atoms with Gasteiger partial charge < -0.3 is 15.0 Å². The number of methoxy groups -OCH3 is 1. The molecule has 1 saturated heterocycles. The number of hydrogen-bond donors (Lipinski definition) is 1. The van der Waals surface area contributed by atoms with Crippen LogP contribution in [-0.2, 0) is 11.2 Å². The Kier molecular flexibility index (Phi) is 6.26. The lowest BCUT2D eigenvalue weighted by molar-refractivity contribution is -0.129. The van der Waals surface area contributed by atoms with Gasteiger partial charge in [-0.2, -0.15) is 0 Å². The molecule has 1 aliphatic heterocycles.